The van der Waals surface area contributed by atoms with Gasteiger partial charge in [-0.2, -0.15) is 0 Å². The van der Waals surface area contributed by atoms with E-state index < -0.39 is 0 Å². The number of nitrogens with zero attached hydrogens (tertiary/aromatic N) is 3. The van der Waals surface area contributed by atoms with E-state index in [-0.39, 0.29) is 11.8 Å². The summed E-state index contributed by atoms with van der Waals surface area (Å²) in [5.41, 5.74) is 5.40. The molecule has 1 aromatic heterocycles. The lowest BCUT2D eigenvalue weighted by Crippen LogP contribution is -2.25. The predicted octanol–water partition coefficient (Wildman–Crippen LogP) is 5.64. The SMILES string of the molecule is Cc1ccc(C)c(N2C[C@@H](c3nc4ccccc4n3CCCOc3ccccc3)CC2=O)c1. The van der Waals surface area contributed by atoms with Crippen LogP contribution >= 0.6 is 0 Å². The van der Waals surface area contributed by atoms with Crippen LogP contribution in [0.3, 0.4) is 0 Å². The van der Waals surface area contributed by atoms with Gasteiger partial charge >= 0.3 is 0 Å². The van der Waals surface area contributed by atoms with Crippen molar-refractivity contribution in [3.8, 4) is 5.75 Å². The molecule has 2 heterocycles. The van der Waals surface area contributed by atoms with Gasteiger partial charge in [0, 0.05) is 31.1 Å². The third-order valence-corrected chi connectivity index (χ3v) is 6.37. The van der Waals surface area contributed by atoms with Crippen LogP contribution in [0, 0.1) is 13.8 Å². The normalized spacial score (nSPS) is 16.0. The molecule has 0 N–H and O–H groups in total. The molecule has 1 fully saturated rings. The van der Waals surface area contributed by atoms with Crippen molar-refractivity contribution in [1.29, 1.82) is 0 Å². The molecule has 0 spiro atoms. The number of aromatic nitrogens is 2. The summed E-state index contributed by atoms with van der Waals surface area (Å²) in [4.78, 5) is 20.0. The summed E-state index contributed by atoms with van der Waals surface area (Å²) in [6.45, 7) is 6.23. The Kier molecular flexibility index (Phi) is 5.86. The molecule has 1 saturated heterocycles. The Labute approximate surface area is 194 Å². The Morgan fingerprint density at radius 3 is 2.64 bits per heavy atom. The van der Waals surface area contributed by atoms with Crippen LogP contribution in [0.25, 0.3) is 11.0 Å². The average Bonchev–Trinajstić information content (AvgIpc) is 3.39. The third kappa shape index (κ3) is 4.36. The predicted molar refractivity (Wildman–Crippen MR) is 132 cm³/mol. The molecule has 5 heteroatoms. The van der Waals surface area contributed by atoms with Gasteiger partial charge in [-0.1, -0.05) is 42.5 Å². The van der Waals surface area contributed by atoms with Crippen LogP contribution in [-0.2, 0) is 11.3 Å². The molecule has 0 bridgehead atoms. The van der Waals surface area contributed by atoms with Gasteiger partial charge in [-0.25, -0.2) is 4.98 Å². The van der Waals surface area contributed by atoms with Gasteiger partial charge in [0.15, 0.2) is 0 Å². The maximum Gasteiger partial charge on any atom is 0.227 e. The first-order chi connectivity index (χ1) is 16.1. The summed E-state index contributed by atoms with van der Waals surface area (Å²) in [6, 6.07) is 24.4. The number of carbonyl (C=O) groups excluding carboxylic acids is 1. The second-order valence-electron chi connectivity index (χ2n) is 8.82. The van der Waals surface area contributed by atoms with Crippen LogP contribution in [0.15, 0.2) is 72.8 Å². The highest BCUT2D eigenvalue weighted by Crippen LogP contribution is 2.35. The topological polar surface area (TPSA) is 47.4 Å². The van der Waals surface area contributed by atoms with E-state index in [1.54, 1.807) is 0 Å². The number of fused-ring (bicyclic) bond motifs is 1. The van der Waals surface area contributed by atoms with E-state index in [1.807, 2.05) is 47.4 Å². The minimum Gasteiger partial charge on any atom is -0.494 e. The van der Waals surface area contributed by atoms with Gasteiger partial charge in [-0.3, -0.25) is 4.79 Å². The molecule has 0 aliphatic carbocycles. The molecule has 1 atom stereocenters. The lowest BCUT2D eigenvalue weighted by atomic mass is 10.1. The van der Waals surface area contributed by atoms with Crippen molar-refractivity contribution in [1.82, 2.24) is 9.55 Å². The Bertz CT molecular complexity index is 1280. The first kappa shape index (κ1) is 21.3. The number of imidazole rings is 1. The van der Waals surface area contributed by atoms with Crippen LogP contribution in [0.5, 0.6) is 5.75 Å². The van der Waals surface area contributed by atoms with E-state index in [2.05, 4.69) is 48.7 Å². The number of amides is 1. The minimum atomic E-state index is 0.0693. The molecule has 33 heavy (non-hydrogen) atoms. The third-order valence-electron chi connectivity index (χ3n) is 6.37. The van der Waals surface area contributed by atoms with Gasteiger partial charge < -0.3 is 14.2 Å². The molecule has 1 amide bonds. The van der Waals surface area contributed by atoms with Crippen LogP contribution in [-0.4, -0.2) is 28.6 Å². The zero-order chi connectivity index (χ0) is 22.8. The van der Waals surface area contributed by atoms with Gasteiger partial charge in [0.2, 0.25) is 5.91 Å². The molecular weight excluding hydrogens is 410 g/mol. The number of para-hydroxylation sites is 3. The highest BCUT2D eigenvalue weighted by atomic mass is 16.5. The molecule has 1 aliphatic heterocycles. The second kappa shape index (κ2) is 9.10. The van der Waals surface area contributed by atoms with E-state index in [0.29, 0.717) is 19.6 Å². The minimum absolute atomic E-state index is 0.0693. The number of ether oxygens (including phenoxy) is 1. The van der Waals surface area contributed by atoms with Crippen molar-refractivity contribution in [2.75, 3.05) is 18.1 Å². The number of carbonyl (C=O) groups is 1. The number of hydrogen-bond acceptors (Lipinski definition) is 3. The molecular formula is C28H29N3O2. The molecule has 3 aromatic carbocycles. The van der Waals surface area contributed by atoms with Crippen LogP contribution in [0.2, 0.25) is 0 Å². The summed E-state index contributed by atoms with van der Waals surface area (Å²) in [7, 11) is 0. The quantitative estimate of drug-likeness (QED) is 0.350. The van der Waals surface area contributed by atoms with Gasteiger partial charge in [-0.05, 0) is 61.7 Å². The Balaban J connectivity index is 1.37. The lowest BCUT2D eigenvalue weighted by Gasteiger charge is -2.20. The van der Waals surface area contributed by atoms with Crippen LogP contribution < -0.4 is 9.64 Å². The Hall–Kier alpha value is -3.60. The monoisotopic (exact) mass is 439 g/mol. The van der Waals surface area contributed by atoms with Crippen molar-refractivity contribution in [3.05, 3.63) is 89.7 Å². The largest absolute Gasteiger partial charge is 0.494 e. The average molecular weight is 440 g/mol. The van der Waals surface area contributed by atoms with E-state index in [0.717, 1.165) is 52.4 Å². The van der Waals surface area contributed by atoms with Crippen LogP contribution in [0.1, 0.15) is 35.7 Å². The summed E-state index contributed by atoms with van der Waals surface area (Å²) >= 11 is 0. The molecule has 168 valence electrons. The number of hydrogen-bond donors (Lipinski definition) is 0. The lowest BCUT2D eigenvalue weighted by molar-refractivity contribution is -0.117. The van der Waals surface area contributed by atoms with Crippen LogP contribution in [0.4, 0.5) is 5.69 Å². The zero-order valence-electron chi connectivity index (χ0n) is 19.2. The fourth-order valence-corrected chi connectivity index (χ4v) is 4.69. The van der Waals surface area contributed by atoms with Crippen molar-refractivity contribution in [3.63, 3.8) is 0 Å². The maximum atomic E-state index is 13.0. The molecule has 0 unspecified atom stereocenters. The highest BCUT2D eigenvalue weighted by molar-refractivity contribution is 5.97. The molecule has 5 nitrogen and oxygen atoms in total. The molecule has 4 aromatic rings. The van der Waals surface area contributed by atoms with Crippen molar-refractivity contribution in [2.24, 2.45) is 0 Å². The summed E-state index contributed by atoms with van der Waals surface area (Å²) < 4.78 is 8.19. The fraction of sp³-hybridized carbons (Fsp3) is 0.286. The summed E-state index contributed by atoms with van der Waals surface area (Å²) in [5.74, 6) is 2.12. The standard InChI is InChI=1S/C28H29N3O2/c1-20-13-14-21(2)26(17-20)31-19-22(18-27(31)32)28-29-24-11-6-7-12-25(24)30(28)15-8-16-33-23-9-4-3-5-10-23/h3-7,9-14,17,22H,8,15-16,18-19H2,1-2H3/t22-/m0/s1. The van der Waals surface area contributed by atoms with E-state index in [1.165, 1.54) is 0 Å². The molecule has 0 radical (unpaired) electrons. The Morgan fingerprint density at radius 2 is 1.79 bits per heavy atom. The molecule has 0 saturated carbocycles. The highest BCUT2D eigenvalue weighted by Gasteiger charge is 2.35. The smallest absolute Gasteiger partial charge is 0.227 e. The van der Waals surface area contributed by atoms with Crippen molar-refractivity contribution < 1.29 is 9.53 Å². The van der Waals surface area contributed by atoms with E-state index >= 15 is 0 Å². The van der Waals surface area contributed by atoms with Gasteiger partial charge in [-0.15, -0.1) is 0 Å². The van der Waals surface area contributed by atoms with Gasteiger partial charge in [0.1, 0.15) is 11.6 Å². The first-order valence-electron chi connectivity index (χ1n) is 11.6. The molecule has 1 aliphatic rings. The summed E-state index contributed by atoms with van der Waals surface area (Å²) in [5, 5.41) is 0. The first-order valence-corrected chi connectivity index (χ1v) is 11.6. The maximum absolute atomic E-state index is 13.0. The van der Waals surface area contributed by atoms with E-state index in [4.69, 9.17) is 9.72 Å². The number of rotatable bonds is 7. The molecule has 5 rings (SSSR count). The number of benzene rings is 3. The Morgan fingerprint density at radius 1 is 1.00 bits per heavy atom. The van der Waals surface area contributed by atoms with Gasteiger partial charge in [0.05, 0.1) is 17.6 Å². The second-order valence-corrected chi connectivity index (χ2v) is 8.82. The number of anilines is 1. The van der Waals surface area contributed by atoms with E-state index in [9.17, 15) is 4.79 Å². The zero-order valence-corrected chi connectivity index (χ0v) is 19.2. The van der Waals surface area contributed by atoms with Crippen molar-refractivity contribution >= 4 is 22.6 Å². The summed E-state index contributed by atoms with van der Waals surface area (Å²) in [6.07, 6.45) is 1.35. The van der Waals surface area contributed by atoms with Gasteiger partial charge in [0.25, 0.3) is 0 Å². The number of aryl methyl sites for hydroxylation is 3. The fourth-order valence-electron chi connectivity index (χ4n) is 4.69. The van der Waals surface area contributed by atoms with Crippen molar-refractivity contribution in [2.45, 2.75) is 39.2 Å².